The molecular formula is C12H22N2O3. The molecule has 2 N–H and O–H groups in total. The second kappa shape index (κ2) is 4.14. The molecule has 0 aliphatic carbocycles. The molecule has 2 rings (SSSR count). The van der Waals surface area contributed by atoms with Crippen molar-refractivity contribution in [2.45, 2.75) is 38.8 Å². The van der Waals surface area contributed by atoms with Gasteiger partial charge in [0.1, 0.15) is 5.60 Å². The van der Waals surface area contributed by atoms with Gasteiger partial charge in [-0.3, -0.25) is 0 Å². The molecule has 17 heavy (non-hydrogen) atoms. The van der Waals surface area contributed by atoms with Crippen LogP contribution in [-0.2, 0) is 4.74 Å². The van der Waals surface area contributed by atoms with E-state index in [0.717, 1.165) is 19.6 Å². The summed E-state index contributed by atoms with van der Waals surface area (Å²) in [5.74, 6) is 0. The second-order valence-electron chi connectivity index (χ2n) is 6.10. The van der Waals surface area contributed by atoms with Gasteiger partial charge in [0.15, 0.2) is 0 Å². The zero-order chi connectivity index (χ0) is 12.7. The average Bonchev–Trinajstić information content (AvgIpc) is 2.07. The molecule has 0 radical (unpaired) electrons. The van der Waals surface area contributed by atoms with Crippen LogP contribution in [0, 0.1) is 5.41 Å². The van der Waals surface area contributed by atoms with Crippen molar-refractivity contribution in [1.82, 2.24) is 10.2 Å². The van der Waals surface area contributed by atoms with E-state index in [-0.39, 0.29) is 24.2 Å². The van der Waals surface area contributed by atoms with E-state index in [4.69, 9.17) is 9.84 Å². The van der Waals surface area contributed by atoms with Crippen molar-refractivity contribution in [2.24, 2.45) is 5.41 Å². The molecule has 2 heterocycles. The normalized spacial score (nSPS) is 26.4. The average molecular weight is 242 g/mol. The molecule has 0 aromatic heterocycles. The van der Waals surface area contributed by atoms with E-state index in [1.54, 1.807) is 4.90 Å². The number of likely N-dealkylation sites (tertiary alicyclic amines) is 1. The fraction of sp³-hybridized carbons (Fsp3) is 0.917. The summed E-state index contributed by atoms with van der Waals surface area (Å²) in [5, 5.41) is 12.3. The van der Waals surface area contributed by atoms with Crippen LogP contribution in [0.1, 0.15) is 27.2 Å². The molecule has 1 amide bonds. The Kier molecular flexibility index (Phi) is 3.08. The van der Waals surface area contributed by atoms with E-state index < -0.39 is 5.60 Å². The van der Waals surface area contributed by atoms with E-state index in [1.165, 1.54) is 0 Å². The standard InChI is InChI=1S/C12H22N2O3/c1-11(2,3)17-10(16)14-8-12(6-13-7-12)9(14)4-5-15/h9,13,15H,4-8H2,1-3H3. The lowest BCUT2D eigenvalue weighted by molar-refractivity contribution is -0.112. The second-order valence-corrected chi connectivity index (χ2v) is 6.10. The number of carbonyl (C=O) groups excluding carboxylic acids is 1. The topological polar surface area (TPSA) is 61.8 Å². The van der Waals surface area contributed by atoms with Gasteiger partial charge in [-0.15, -0.1) is 0 Å². The van der Waals surface area contributed by atoms with Gasteiger partial charge in [0.05, 0.1) is 0 Å². The molecule has 2 aliphatic heterocycles. The van der Waals surface area contributed by atoms with Crippen LogP contribution in [0.4, 0.5) is 4.79 Å². The van der Waals surface area contributed by atoms with Crippen molar-refractivity contribution in [2.75, 3.05) is 26.2 Å². The number of rotatable bonds is 2. The summed E-state index contributed by atoms with van der Waals surface area (Å²) in [5.41, 5.74) is -0.263. The molecule has 2 fully saturated rings. The fourth-order valence-electron chi connectivity index (χ4n) is 2.66. The Morgan fingerprint density at radius 3 is 2.59 bits per heavy atom. The first-order valence-corrected chi connectivity index (χ1v) is 6.19. The largest absolute Gasteiger partial charge is 0.444 e. The summed E-state index contributed by atoms with van der Waals surface area (Å²) in [6, 6.07) is 0.128. The Morgan fingerprint density at radius 1 is 1.53 bits per heavy atom. The minimum atomic E-state index is -0.457. The fourth-order valence-corrected chi connectivity index (χ4v) is 2.66. The number of ether oxygens (including phenoxy) is 1. The minimum absolute atomic E-state index is 0.117. The van der Waals surface area contributed by atoms with Gasteiger partial charge in [-0.25, -0.2) is 4.79 Å². The van der Waals surface area contributed by atoms with Gasteiger partial charge in [0.2, 0.25) is 0 Å². The van der Waals surface area contributed by atoms with Gasteiger partial charge in [0.25, 0.3) is 0 Å². The Morgan fingerprint density at radius 2 is 2.18 bits per heavy atom. The molecule has 1 spiro atoms. The van der Waals surface area contributed by atoms with E-state index >= 15 is 0 Å². The maximum atomic E-state index is 12.0. The molecular weight excluding hydrogens is 220 g/mol. The smallest absolute Gasteiger partial charge is 0.410 e. The first-order chi connectivity index (χ1) is 7.88. The summed E-state index contributed by atoms with van der Waals surface area (Å²) in [7, 11) is 0. The third-order valence-corrected chi connectivity index (χ3v) is 3.55. The zero-order valence-electron chi connectivity index (χ0n) is 10.8. The van der Waals surface area contributed by atoms with Gasteiger partial charge in [-0.1, -0.05) is 0 Å². The Balaban J connectivity index is 1.95. The van der Waals surface area contributed by atoms with Crippen LogP contribution in [0.25, 0.3) is 0 Å². The molecule has 2 aliphatic rings. The lowest BCUT2D eigenvalue weighted by Gasteiger charge is -2.62. The molecule has 0 aromatic carbocycles. The van der Waals surface area contributed by atoms with Gasteiger partial charge < -0.3 is 20.1 Å². The van der Waals surface area contributed by atoms with E-state index in [0.29, 0.717) is 6.42 Å². The summed E-state index contributed by atoms with van der Waals surface area (Å²) in [6.45, 7) is 8.35. The highest BCUT2D eigenvalue weighted by atomic mass is 16.6. The number of carbonyl (C=O) groups is 1. The van der Waals surface area contributed by atoms with Crippen LogP contribution in [0.5, 0.6) is 0 Å². The summed E-state index contributed by atoms with van der Waals surface area (Å²) >= 11 is 0. The van der Waals surface area contributed by atoms with Crippen molar-refractivity contribution >= 4 is 6.09 Å². The van der Waals surface area contributed by atoms with Gasteiger partial charge in [-0.05, 0) is 27.2 Å². The van der Waals surface area contributed by atoms with Crippen LogP contribution < -0.4 is 5.32 Å². The van der Waals surface area contributed by atoms with Crippen LogP contribution in [0.15, 0.2) is 0 Å². The molecule has 5 nitrogen and oxygen atoms in total. The number of nitrogens with zero attached hydrogens (tertiary/aromatic N) is 1. The first kappa shape index (κ1) is 12.6. The number of hydrogen-bond donors (Lipinski definition) is 2. The monoisotopic (exact) mass is 242 g/mol. The van der Waals surface area contributed by atoms with E-state index in [2.05, 4.69) is 5.32 Å². The Labute approximate surface area is 102 Å². The highest BCUT2D eigenvalue weighted by molar-refractivity contribution is 5.70. The van der Waals surface area contributed by atoms with Crippen LogP contribution in [0.2, 0.25) is 0 Å². The number of aliphatic hydroxyl groups is 1. The first-order valence-electron chi connectivity index (χ1n) is 6.19. The van der Waals surface area contributed by atoms with Crippen molar-refractivity contribution in [3.05, 3.63) is 0 Å². The maximum absolute atomic E-state index is 12.0. The van der Waals surface area contributed by atoms with E-state index in [1.807, 2.05) is 20.8 Å². The lowest BCUT2D eigenvalue weighted by Crippen LogP contribution is -2.77. The SMILES string of the molecule is CC(C)(C)OC(=O)N1CC2(CNC2)C1CCO. The molecule has 0 aromatic rings. The summed E-state index contributed by atoms with van der Waals surface area (Å²) < 4.78 is 5.37. The van der Waals surface area contributed by atoms with Crippen LogP contribution in [-0.4, -0.2) is 54.0 Å². The molecule has 1 unspecified atom stereocenters. The van der Waals surface area contributed by atoms with Crippen molar-refractivity contribution in [3.8, 4) is 0 Å². The number of aliphatic hydroxyl groups excluding tert-OH is 1. The summed E-state index contributed by atoms with van der Waals surface area (Å²) in [4.78, 5) is 13.7. The van der Waals surface area contributed by atoms with Crippen LogP contribution >= 0.6 is 0 Å². The van der Waals surface area contributed by atoms with Gasteiger partial charge >= 0.3 is 6.09 Å². The molecule has 98 valence electrons. The summed E-state index contributed by atoms with van der Waals surface area (Å²) in [6.07, 6.45) is 0.384. The van der Waals surface area contributed by atoms with Crippen molar-refractivity contribution in [3.63, 3.8) is 0 Å². The predicted molar refractivity (Wildman–Crippen MR) is 63.7 cm³/mol. The minimum Gasteiger partial charge on any atom is -0.444 e. The predicted octanol–water partition coefficient (Wildman–Crippen LogP) is 0.578. The molecule has 0 saturated carbocycles. The molecule has 0 bridgehead atoms. The molecule has 1 atom stereocenters. The highest BCUT2D eigenvalue weighted by Gasteiger charge is 2.58. The number of nitrogens with one attached hydrogen (secondary N) is 1. The Bertz CT molecular complexity index is 307. The van der Waals surface area contributed by atoms with Crippen LogP contribution in [0.3, 0.4) is 0 Å². The van der Waals surface area contributed by atoms with Gasteiger partial charge in [-0.2, -0.15) is 0 Å². The van der Waals surface area contributed by atoms with Gasteiger partial charge in [0, 0.05) is 37.7 Å². The number of amides is 1. The third kappa shape index (κ3) is 2.26. The lowest BCUT2D eigenvalue weighted by atomic mass is 9.66. The molecule has 5 heteroatoms. The van der Waals surface area contributed by atoms with Crippen molar-refractivity contribution in [1.29, 1.82) is 0 Å². The third-order valence-electron chi connectivity index (χ3n) is 3.55. The number of hydrogen-bond acceptors (Lipinski definition) is 4. The quantitative estimate of drug-likeness (QED) is 0.743. The zero-order valence-corrected chi connectivity index (χ0v) is 10.8. The van der Waals surface area contributed by atoms with E-state index in [9.17, 15) is 4.79 Å². The molecule has 2 saturated heterocycles. The van der Waals surface area contributed by atoms with Crippen molar-refractivity contribution < 1.29 is 14.6 Å². The Hall–Kier alpha value is -0.810. The highest BCUT2D eigenvalue weighted by Crippen LogP contribution is 2.43. The maximum Gasteiger partial charge on any atom is 0.410 e.